The van der Waals surface area contributed by atoms with Crippen molar-refractivity contribution in [2.24, 2.45) is 5.41 Å². The van der Waals surface area contributed by atoms with Gasteiger partial charge in [-0.1, -0.05) is 65.5 Å². The number of carbonyl (C=O) groups excluding carboxylic acids is 1. The van der Waals surface area contributed by atoms with E-state index in [4.69, 9.17) is 0 Å². The van der Waals surface area contributed by atoms with Gasteiger partial charge in [-0.25, -0.2) is 4.79 Å². The number of esters is 1. The third-order valence-corrected chi connectivity index (χ3v) is 2.54. The van der Waals surface area contributed by atoms with Gasteiger partial charge in [0.1, 0.15) is 0 Å². The van der Waals surface area contributed by atoms with Crippen LogP contribution in [0.1, 0.15) is 66.2 Å². The Labute approximate surface area is 119 Å². The van der Waals surface area contributed by atoms with E-state index < -0.39 is 0 Å². The second-order valence-corrected chi connectivity index (χ2v) is 5.70. The zero-order valence-electron chi connectivity index (χ0n) is 13.5. The van der Waals surface area contributed by atoms with E-state index in [0.717, 1.165) is 6.42 Å². The van der Waals surface area contributed by atoms with E-state index in [9.17, 15) is 4.79 Å². The first-order valence-corrected chi connectivity index (χ1v) is 7.25. The molecule has 0 aliphatic rings. The van der Waals surface area contributed by atoms with E-state index in [1.54, 1.807) is 0 Å². The molecule has 19 heavy (non-hydrogen) atoms. The molecule has 0 N–H and O–H groups in total. The minimum atomic E-state index is -0.256. The predicted molar refractivity (Wildman–Crippen MR) is 84.2 cm³/mol. The van der Waals surface area contributed by atoms with Crippen molar-refractivity contribution >= 4 is 5.97 Å². The van der Waals surface area contributed by atoms with Gasteiger partial charge in [-0.15, -0.1) is 6.58 Å². The fourth-order valence-electron chi connectivity index (χ4n) is 1.11. The van der Waals surface area contributed by atoms with Crippen LogP contribution in [0.5, 0.6) is 0 Å². The highest BCUT2D eigenvalue weighted by atomic mass is 16.5. The Balaban J connectivity index is 0. The molecule has 112 valence electrons. The van der Waals surface area contributed by atoms with Crippen molar-refractivity contribution in [3.8, 4) is 0 Å². The van der Waals surface area contributed by atoms with Crippen LogP contribution < -0.4 is 0 Å². The molecule has 0 rings (SSSR count). The van der Waals surface area contributed by atoms with E-state index in [1.165, 1.54) is 45.3 Å². The summed E-state index contributed by atoms with van der Waals surface area (Å²) in [4.78, 5) is 10.6. The van der Waals surface area contributed by atoms with Crippen molar-refractivity contribution in [2.45, 2.75) is 66.2 Å². The Morgan fingerprint density at radius 3 is 2.11 bits per heavy atom. The van der Waals surface area contributed by atoms with Gasteiger partial charge >= 0.3 is 5.97 Å². The highest BCUT2D eigenvalue weighted by Gasteiger charge is 1.99. The monoisotopic (exact) mass is 268 g/mol. The molecule has 2 nitrogen and oxygen atoms in total. The summed E-state index contributed by atoms with van der Waals surface area (Å²) >= 11 is 0. The SMILES string of the molecule is C=CC(C)(C)C.CCCCCCCC=CC(=O)OC. The van der Waals surface area contributed by atoms with Gasteiger partial charge in [0.2, 0.25) is 0 Å². The fourth-order valence-corrected chi connectivity index (χ4v) is 1.11. The molecule has 0 aliphatic carbocycles. The van der Waals surface area contributed by atoms with E-state index in [-0.39, 0.29) is 5.97 Å². The van der Waals surface area contributed by atoms with Crippen molar-refractivity contribution in [3.05, 3.63) is 24.8 Å². The largest absolute Gasteiger partial charge is 0.466 e. The maximum atomic E-state index is 10.6. The van der Waals surface area contributed by atoms with Crippen LogP contribution in [-0.4, -0.2) is 13.1 Å². The first-order valence-electron chi connectivity index (χ1n) is 7.25. The van der Waals surface area contributed by atoms with Gasteiger partial charge in [0, 0.05) is 6.08 Å². The van der Waals surface area contributed by atoms with E-state index in [1.807, 2.05) is 12.2 Å². The molecule has 0 aromatic rings. The Morgan fingerprint density at radius 2 is 1.68 bits per heavy atom. The maximum absolute atomic E-state index is 10.6. The van der Waals surface area contributed by atoms with Crippen LogP contribution in [0.3, 0.4) is 0 Å². The number of methoxy groups -OCH3 is 1. The molecule has 0 bridgehead atoms. The van der Waals surface area contributed by atoms with Gasteiger partial charge in [-0.05, 0) is 18.3 Å². The van der Waals surface area contributed by atoms with Crippen LogP contribution in [0.4, 0.5) is 0 Å². The van der Waals surface area contributed by atoms with Gasteiger partial charge in [0.25, 0.3) is 0 Å². The zero-order valence-corrected chi connectivity index (χ0v) is 13.5. The Kier molecular flexibility index (Phi) is 14.3. The molecule has 0 amide bonds. The highest BCUT2D eigenvalue weighted by molar-refractivity contribution is 5.81. The van der Waals surface area contributed by atoms with Crippen LogP contribution in [-0.2, 0) is 9.53 Å². The zero-order chi connectivity index (χ0) is 15.1. The first-order chi connectivity index (χ1) is 8.87. The number of ether oxygens (including phenoxy) is 1. The van der Waals surface area contributed by atoms with E-state index >= 15 is 0 Å². The molecule has 0 fully saturated rings. The Morgan fingerprint density at radius 1 is 1.16 bits per heavy atom. The number of hydrogen-bond donors (Lipinski definition) is 0. The van der Waals surface area contributed by atoms with Gasteiger partial charge in [-0.2, -0.15) is 0 Å². The number of unbranched alkanes of at least 4 members (excludes halogenated alkanes) is 5. The van der Waals surface area contributed by atoms with Crippen LogP contribution in [0.15, 0.2) is 24.8 Å². The fraction of sp³-hybridized carbons (Fsp3) is 0.706. The van der Waals surface area contributed by atoms with Gasteiger partial charge < -0.3 is 4.74 Å². The molecule has 0 saturated heterocycles. The highest BCUT2D eigenvalue weighted by Crippen LogP contribution is 2.11. The minimum absolute atomic E-state index is 0.256. The van der Waals surface area contributed by atoms with Crippen LogP contribution in [0, 0.1) is 5.41 Å². The summed E-state index contributed by atoms with van der Waals surface area (Å²) in [7, 11) is 1.40. The van der Waals surface area contributed by atoms with Gasteiger partial charge in [0.15, 0.2) is 0 Å². The molecule has 0 spiro atoms. The molecule has 0 heterocycles. The molecule has 0 saturated carbocycles. The lowest BCUT2D eigenvalue weighted by Crippen LogP contribution is -1.96. The third-order valence-electron chi connectivity index (χ3n) is 2.54. The Hall–Kier alpha value is -1.05. The average Bonchev–Trinajstić information content (AvgIpc) is 2.37. The van der Waals surface area contributed by atoms with Crippen molar-refractivity contribution in [2.75, 3.05) is 7.11 Å². The number of carbonyl (C=O) groups is 1. The third kappa shape index (κ3) is 22.6. The standard InChI is InChI=1S/C11H20O2.C6H12/c1-3-4-5-6-7-8-9-10-11(12)13-2;1-5-6(2,3)4/h9-10H,3-8H2,1-2H3;5H,1H2,2-4H3. The molecule has 0 aromatic carbocycles. The molecule has 2 heteroatoms. The second kappa shape index (κ2) is 13.4. The van der Waals surface area contributed by atoms with Crippen LogP contribution in [0.2, 0.25) is 0 Å². The molecule has 0 atom stereocenters. The Bertz CT molecular complexity index is 246. The molecular formula is C17H32O2. The second-order valence-electron chi connectivity index (χ2n) is 5.70. The summed E-state index contributed by atoms with van der Waals surface area (Å²) in [6, 6.07) is 0. The lowest BCUT2D eigenvalue weighted by atomic mass is 9.98. The molecule has 0 aromatic heterocycles. The van der Waals surface area contributed by atoms with E-state index in [2.05, 4.69) is 39.0 Å². The molecular weight excluding hydrogens is 236 g/mol. The minimum Gasteiger partial charge on any atom is -0.466 e. The van der Waals surface area contributed by atoms with Crippen molar-refractivity contribution in [3.63, 3.8) is 0 Å². The molecule has 0 aliphatic heterocycles. The van der Waals surface area contributed by atoms with E-state index in [0.29, 0.717) is 5.41 Å². The normalized spacial score (nSPS) is 10.8. The van der Waals surface area contributed by atoms with Crippen molar-refractivity contribution in [1.29, 1.82) is 0 Å². The first kappa shape index (κ1) is 20.3. The summed E-state index contributed by atoms with van der Waals surface area (Å²) in [5.74, 6) is -0.256. The summed E-state index contributed by atoms with van der Waals surface area (Å²) in [5, 5.41) is 0. The lowest BCUT2D eigenvalue weighted by Gasteiger charge is -2.08. The number of hydrogen-bond acceptors (Lipinski definition) is 2. The average molecular weight is 268 g/mol. The molecule has 0 unspecified atom stereocenters. The van der Waals surface area contributed by atoms with Crippen LogP contribution >= 0.6 is 0 Å². The van der Waals surface area contributed by atoms with Crippen molar-refractivity contribution < 1.29 is 9.53 Å². The van der Waals surface area contributed by atoms with Crippen molar-refractivity contribution in [1.82, 2.24) is 0 Å². The summed E-state index contributed by atoms with van der Waals surface area (Å²) in [5.41, 5.74) is 0.306. The summed E-state index contributed by atoms with van der Waals surface area (Å²) in [6.45, 7) is 12.2. The van der Waals surface area contributed by atoms with Gasteiger partial charge in [-0.3, -0.25) is 0 Å². The quantitative estimate of drug-likeness (QED) is 0.271. The molecule has 0 radical (unpaired) electrons. The van der Waals surface area contributed by atoms with Gasteiger partial charge in [0.05, 0.1) is 7.11 Å². The number of allylic oxidation sites excluding steroid dienone is 2. The number of rotatable bonds is 7. The topological polar surface area (TPSA) is 26.3 Å². The van der Waals surface area contributed by atoms with Crippen LogP contribution in [0.25, 0.3) is 0 Å². The lowest BCUT2D eigenvalue weighted by molar-refractivity contribution is -0.134. The smallest absolute Gasteiger partial charge is 0.330 e. The predicted octanol–water partition coefficient (Wildman–Crippen LogP) is 5.29. The maximum Gasteiger partial charge on any atom is 0.330 e. The summed E-state index contributed by atoms with van der Waals surface area (Å²) < 4.78 is 4.47. The summed E-state index contributed by atoms with van der Waals surface area (Å²) in [6.07, 6.45) is 12.7.